The van der Waals surface area contributed by atoms with Crippen molar-refractivity contribution in [1.82, 2.24) is 9.88 Å². The maximum absolute atomic E-state index is 12.4. The van der Waals surface area contributed by atoms with Gasteiger partial charge in [-0.3, -0.25) is 4.79 Å². The van der Waals surface area contributed by atoms with Gasteiger partial charge in [0.25, 0.3) is 5.91 Å². The number of pyridine rings is 1. The highest BCUT2D eigenvalue weighted by molar-refractivity contribution is 6.29. The van der Waals surface area contributed by atoms with Crippen molar-refractivity contribution in [3.8, 4) is 0 Å². The molecule has 102 valence electrons. The fourth-order valence-corrected chi connectivity index (χ4v) is 2.67. The molecule has 1 unspecified atom stereocenters. The van der Waals surface area contributed by atoms with Crippen molar-refractivity contribution in [1.29, 1.82) is 0 Å². The third-order valence-corrected chi connectivity index (χ3v) is 3.71. The molecule has 0 radical (unpaired) electrons. The minimum absolute atomic E-state index is 0.236. The second-order valence-corrected chi connectivity index (χ2v) is 5.35. The summed E-state index contributed by atoms with van der Waals surface area (Å²) in [6, 6.07) is 3.09. The quantitative estimate of drug-likeness (QED) is 0.844. The van der Waals surface area contributed by atoms with Crippen LogP contribution in [0.1, 0.15) is 35.8 Å². The molecule has 5 nitrogen and oxygen atoms in total. The first-order valence-corrected chi connectivity index (χ1v) is 6.42. The van der Waals surface area contributed by atoms with Crippen LogP contribution in [-0.4, -0.2) is 39.0 Å². The number of likely N-dealkylation sites (tertiary alicyclic amines) is 1. The molecule has 0 aromatic carbocycles. The predicted molar refractivity (Wildman–Crippen MR) is 70.3 cm³/mol. The fraction of sp³-hybridized carbons (Fsp3) is 0.462. The average molecular weight is 283 g/mol. The Bertz CT molecular complexity index is 526. The molecule has 1 amide bonds. The number of amides is 1. The number of carbonyl (C=O) groups excluding carboxylic acids is 1. The summed E-state index contributed by atoms with van der Waals surface area (Å²) in [6.07, 6.45) is 1.15. The molecule has 19 heavy (non-hydrogen) atoms. The van der Waals surface area contributed by atoms with E-state index in [0.717, 1.165) is 0 Å². The van der Waals surface area contributed by atoms with E-state index >= 15 is 0 Å². The van der Waals surface area contributed by atoms with Crippen molar-refractivity contribution >= 4 is 23.5 Å². The van der Waals surface area contributed by atoms with Crippen molar-refractivity contribution in [2.24, 2.45) is 0 Å². The van der Waals surface area contributed by atoms with Gasteiger partial charge in [0.2, 0.25) is 0 Å². The number of hydrogen-bond acceptors (Lipinski definition) is 3. The standard InChI is InChI=1S/C13H15ClN2O3/c1-8-6-9(7-10(14)15-8)11(17)16-5-3-4-13(16,2)12(18)19/h6-7H,3-5H2,1-2H3,(H,18,19). The van der Waals surface area contributed by atoms with Gasteiger partial charge in [-0.25, -0.2) is 9.78 Å². The SMILES string of the molecule is Cc1cc(C(=O)N2CCCC2(C)C(=O)O)cc(Cl)n1. The van der Waals surface area contributed by atoms with Gasteiger partial charge < -0.3 is 10.0 Å². The van der Waals surface area contributed by atoms with Crippen LogP contribution in [0.5, 0.6) is 0 Å². The van der Waals surface area contributed by atoms with Crippen molar-refractivity contribution in [2.75, 3.05) is 6.54 Å². The Morgan fingerprint density at radius 2 is 2.16 bits per heavy atom. The molecule has 1 N–H and O–H groups in total. The molecule has 1 aromatic heterocycles. The average Bonchev–Trinajstić information content (AvgIpc) is 2.70. The van der Waals surface area contributed by atoms with Gasteiger partial charge in [0.05, 0.1) is 0 Å². The molecule has 2 rings (SSSR count). The normalized spacial score (nSPS) is 22.6. The largest absolute Gasteiger partial charge is 0.480 e. The highest BCUT2D eigenvalue weighted by Crippen LogP contribution is 2.31. The zero-order valence-electron chi connectivity index (χ0n) is 10.8. The first-order chi connectivity index (χ1) is 8.84. The van der Waals surface area contributed by atoms with Crippen molar-refractivity contribution in [2.45, 2.75) is 32.2 Å². The zero-order valence-corrected chi connectivity index (χ0v) is 11.6. The lowest BCUT2D eigenvalue weighted by Gasteiger charge is -2.31. The second-order valence-electron chi connectivity index (χ2n) is 4.96. The van der Waals surface area contributed by atoms with E-state index in [4.69, 9.17) is 11.6 Å². The number of hydrogen-bond donors (Lipinski definition) is 1. The molecule has 0 bridgehead atoms. The number of aryl methyl sites for hydroxylation is 1. The summed E-state index contributed by atoms with van der Waals surface area (Å²) >= 11 is 5.84. The van der Waals surface area contributed by atoms with Gasteiger partial charge >= 0.3 is 5.97 Å². The third-order valence-electron chi connectivity index (χ3n) is 3.52. The molecule has 1 fully saturated rings. The molecule has 1 aliphatic heterocycles. The van der Waals surface area contributed by atoms with E-state index in [9.17, 15) is 14.7 Å². The van der Waals surface area contributed by atoms with E-state index in [1.165, 1.54) is 11.0 Å². The minimum Gasteiger partial charge on any atom is -0.480 e. The van der Waals surface area contributed by atoms with Crippen LogP contribution in [0.3, 0.4) is 0 Å². The van der Waals surface area contributed by atoms with E-state index < -0.39 is 11.5 Å². The summed E-state index contributed by atoms with van der Waals surface area (Å²) in [4.78, 5) is 29.2. The highest BCUT2D eigenvalue weighted by Gasteiger charge is 2.46. The van der Waals surface area contributed by atoms with E-state index in [2.05, 4.69) is 4.98 Å². The molecule has 6 heteroatoms. The maximum atomic E-state index is 12.4. The summed E-state index contributed by atoms with van der Waals surface area (Å²) in [5.41, 5.74) is -0.125. The first kappa shape index (κ1) is 13.8. The van der Waals surface area contributed by atoms with Crippen LogP contribution in [-0.2, 0) is 4.79 Å². The Morgan fingerprint density at radius 3 is 2.74 bits per heavy atom. The number of aromatic nitrogens is 1. The molecule has 2 heterocycles. The topological polar surface area (TPSA) is 70.5 Å². The number of carboxylic acid groups (broad SMARTS) is 1. The lowest BCUT2D eigenvalue weighted by atomic mass is 9.98. The van der Waals surface area contributed by atoms with Crippen LogP contribution in [0, 0.1) is 6.92 Å². The Hall–Kier alpha value is -1.62. The van der Waals surface area contributed by atoms with Gasteiger partial charge in [-0.2, -0.15) is 0 Å². The van der Waals surface area contributed by atoms with E-state index in [-0.39, 0.29) is 11.1 Å². The van der Waals surface area contributed by atoms with Crippen molar-refractivity contribution in [3.05, 3.63) is 28.5 Å². The molecular weight excluding hydrogens is 268 g/mol. The van der Waals surface area contributed by atoms with Gasteiger partial charge in [-0.15, -0.1) is 0 Å². The Balaban J connectivity index is 2.36. The number of rotatable bonds is 2. The first-order valence-electron chi connectivity index (χ1n) is 6.04. The number of nitrogens with zero attached hydrogens (tertiary/aromatic N) is 2. The number of halogens is 1. The van der Waals surface area contributed by atoms with E-state index in [1.807, 2.05) is 0 Å². The molecule has 0 aliphatic carbocycles. The molecule has 1 aliphatic rings. The lowest BCUT2D eigenvalue weighted by Crippen LogP contribution is -2.50. The summed E-state index contributed by atoms with van der Waals surface area (Å²) in [5, 5.41) is 9.55. The smallest absolute Gasteiger partial charge is 0.329 e. The fourth-order valence-electron chi connectivity index (χ4n) is 2.42. The van der Waals surface area contributed by atoms with Crippen LogP contribution in [0.4, 0.5) is 0 Å². The Morgan fingerprint density at radius 1 is 1.47 bits per heavy atom. The summed E-state index contributed by atoms with van der Waals surface area (Å²) in [7, 11) is 0. The van der Waals surface area contributed by atoms with Gasteiger partial charge in [-0.1, -0.05) is 11.6 Å². The van der Waals surface area contributed by atoms with E-state index in [1.54, 1.807) is 19.9 Å². The molecular formula is C13H15ClN2O3. The highest BCUT2D eigenvalue weighted by atomic mass is 35.5. The Labute approximate surface area is 116 Å². The molecule has 1 saturated heterocycles. The van der Waals surface area contributed by atoms with Gasteiger partial charge in [0, 0.05) is 17.8 Å². The van der Waals surface area contributed by atoms with E-state index in [0.29, 0.717) is 30.6 Å². The van der Waals surface area contributed by atoms with Crippen LogP contribution in [0.25, 0.3) is 0 Å². The third kappa shape index (κ3) is 2.42. The van der Waals surface area contributed by atoms with Gasteiger partial charge in [0.15, 0.2) is 0 Å². The van der Waals surface area contributed by atoms with Gasteiger partial charge in [0.1, 0.15) is 10.7 Å². The molecule has 1 atom stereocenters. The summed E-state index contributed by atoms with van der Waals surface area (Å²) in [6.45, 7) is 3.76. The molecule has 0 saturated carbocycles. The summed E-state index contributed by atoms with van der Waals surface area (Å²) < 4.78 is 0. The van der Waals surface area contributed by atoms with Gasteiger partial charge in [-0.05, 0) is 38.8 Å². The number of carbonyl (C=O) groups is 2. The number of aliphatic carboxylic acids is 1. The van der Waals surface area contributed by atoms with Crippen LogP contribution in [0.15, 0.2) is 12.1 Å². The van der Waals surface area contributed by atoms with Crippen molar-refractivity contribution < 1.29 is 14.7 Å². The van der Waals surface area contributed by atoms with Crippen LogP contribution >= 0.6 is 11.6 Å². The number of carboxylic acids is 1. The second kappa shape index (κ2) is 4.81. The van der Waals surface area contributed by atoms with Crippen LogP contribution < -0.4 is 0 Å². The Kier molecular flexibility index (Phi) is 3.49. The summed E-state index contributed by atoms with van der Waals surface area (Å²) in [5.74, 6) is -1.29. The zero-order chi connectivity index (χ0) is 14.2. The maximum Gasteiger partial charge on any atom is 0.329 e. The van der Waals surface area contributed by atoms with Crippen molar-refractivity contribution in [3.63, 3.8) is 0 Å². The lowest BCUT2D eigenvalue weighted by molar-refractivity contribution is -0.147. The molecule has 1 aromatic rings. The monoisotopic (exact) mass is 282 g/mol. The molecule has 0 spiro atoms. The predicted octanol–water partition coefficient (Wildman–Crippen LogP) is 2.12. The van der Waals surface area contributed by atoms with Crippen LogP contribution in [0.2, 0.25) is 5.15 Å². The minimum atomic E-state index is -1.14.